The topological polar surface area (TPSA) is 3.24 Å². The smallest absolute Gasteiger partial charge is 0.00507 e. The van der Waals surface area contributed by atoms with E-state index < -0.39 is 0 Å². The van der Waals surface area contributed by atoms with Crippen molar-refractivity contribution in [3.63, 3.8) is 0 Å². The number of benzene rings is 1. The van der Waals surface area contributed by atoms with Crippen LogP contribution in [-0.2, 0) is 0 Å². The van der Waals surface area contributed by atoms with Gasteiger partial charge in [-0.25, -0.2) is 0 Å². The number of nitrogens with zero attached hydrogens (tertiary/aromatic N) is 1. The Bertz CT molecular complexity index is 356. The van der Waals surface area contributed by atoms with Crippen LogP contribution in [0.25, 0.3) is 0 Å². The van der Waals surface area contributed by atoms with E-state index in [0.29, 0.717) is 0 Å². The van der Waals surface area contributed by atoms with Gasteiger partial charge in [-0.2, -0.15) is 0 Å². The maximum Gasteiger partial charge on any atom is 0.00507 e. The van der Waals surface area contributed by atoms with Gasteiger partial charge in [0.25, 0.3) is 0 Å². The molecule has 0 amide bonds. The number of hydrogen-bond donors (Lipinski definition) is 0. The fourth-order valence-electron chi connectivity index (χ4n) is 3.04. The highest BCUT2D eigenvalue weighted by molar-refractivity contribution is 5.31. The van der Waals surface area contributed by atoms with Crippen LogP contribution in [0.15, 0.2) is 24.3 Å². The molecule has 1 fully saturated rings. The van der Waals surface area contributed by atoms with Crippen LogP contribution in [0.2, 0.25) is 0 Å². The summed E-state index contributed by atoms with van der Waals surface area (Å²) in [5, 5.41) is 0. The SMILES string of the molecule is Cc1ccccc1[C@H]1CN(C)C[C@@H]1C(C)C. The minimum atomic E-state index is 0.728. The van der Waals surface area contributed by atoms with Gasteiger partial charge in [0, 0.05) is 19.0 Å². The lowest BCUT2D eigenvalue weighted by Gasteiger charge is -2.23. The predicted octanol–water partition coefficient (Wildman–Crippen LogP) is 3.30. The second-order valence-electron chi connectivity index (χ2n) is 5.59. The van der Waals surface area contributed by atoms with Crippen LogP contribution in [0.1, 0.15) is 30.9 Å². The summed E-state index contributed by atoms with van der Waals surface area (Å²) < 4.78 is 0. The fraction of sp³-hybridized carbons (Fsp3) is 0.600. The maximum atomic E-state index is 2.47. The van der Waals surface area contributed by atoms with Crippen molar-refractivity contribution in [2.45, 2.75) is 26.7 Å². The molecule has 1 aromatic rings. The molecule has 1 saturated heterocycles. The fourth-order valence-corrected chi connectivity index (χ4v) is 3.04. The van der Waals surface area contributed by atoms with Crippen molar-refractivity contribution < 1.29 is 0 Å². The van der Waals surface area contributed by atoms with Crippen molar-refractivity contribution in [2.75, 3.05) is 20.1 Å². The van der Waals surface area contributed by atoms with Crippen LogP contribution < -0.4 is 0 Å². The Morgan fingerprint density at radius 1 is 1.19 bits per heavy atom. The molecule has 0 aliphatic carbocycles. The van der Waals surface area contributed by atoms with Crippen LogP contribution in [0.5, 0.6) is 0 Å². The number of likely N-dealkylation sites (N-methyl/N-ethyl adjacent to an activating group) is 1. The van der Waals surface area contributed by atoms with Gasteiger partial charge in [0.15, 0.2) is 0 Å². The summed E-state index contributed by atoms with van der Waals surface area (Å²) in [4.78, 5) is 2.47. The molecule has 0 unspecified atom stereocenters. The summed E-state index contributed by atoms with van der Waals surface area (Å²) in [6.07, 6.45) is 0. The average Bonchev–Trinajstić information content (AvgIpc) is 2.61. The number of hydrogen-bond acceptors (Lipinski definition) is 1. The molecule has 1 heterocycles. The molecule has 88 valence electrons. The first-order valence-electron chi connectivity index (χ1n) is 6.33. The Hall–Kier alpha value is -0.820. The van der Waals surface area contributed by atoms with Crippen molar-refractivity contribution >= 4 is 0 Å². The van der Waals surface area contributed by atoms with E-state index in [1.807, 2.05) is 0 Å². The molecule has 1 nitrogen and oxygen atoms in total. The molecule has 0 saturated carbocycles. The largest absolute Gasteiger partial charge is 0.305 e. The number of rotatable bonds is 2. The minimum absolute atomic E-state index is 0.728. The van der Waals surface area contributed by atoms with Crippen molar-refractivity contribution in [3.05, 3.63) is 35.4 Å². The Morgan fingerprint density at radius 3 is 2.50 bits per heavy atom. The van der Waals surface area contributed by atoms with E-state index in [1.54, 1.807) is 5.56 Å². The van der Waals surface area contributed by atoms with Gasteiger partial charge >= 0.3 is 0 Å². The number of aryl methyl sites for hydroxylation is 1. The first-order valence-corrected chi connectivity index (χ1v) is 6.33. The normalized spacial score (nSPS) is 26.6. The summed E-state index contributed by atoms with van der Waals surface area (Å²) in [6.45, 7) is 9.42. The van der Waals surface area contributed by atoms with Gasteiger partial charge in [-0.3, -0.25) is 0 Å². The molecular formula is C15H23N. The molecule has 0 radical (unpaired) electrons. The highest BCUT2D eigenvalue weighted by atomic mass is 15.1. The lowest BCUT2D eigenvalue weighted by atomic mass is 9.80. The molecule has 0 N–H and O–H groups in total. The van der Waals surface area contributed by atoms with Gasteiger partial charge in [0.05, 0.1) is 0 Å². The van der Waals surface area contributed by atoms with Gasteiger partial charge < -0.3 is 4.90 Å². The minimum Gasteiger partial charge on any atom is -0.305 e. The van der Waals surface area contributed by atoms with Gasteiger partial charge in [0.2, 0.25) is 0 Å². The molecule has 2 atom stereocenters. The highest BCUT2D eigenvalue weighted by Gasteiger charge is 2.34. The molecule has 0 bridgehead atoms. The lowest BCUT2D eigenvalue weighted by molar-refractivity contribution is 0.344. The van der Waals surface area contributed by atoms with Crippen molar-refractivity contribution in [2.24, 2.45) is 11.8 Å². The Balaban J connectivity index is 2.29. The van der Waals surface area contributed by atoms with Crippen LogP contribution in [0.3, 0.4) is 0 Å². The molecule has 1 heteroatoms. The summed E-state index contributed by atoms with van der Waals surface area (Å²) in [5.74, 6) is 2.31. The zero-order valence-electron chi connectivity index (χ0n) is 10.9. The van der Waals surface area contributed by atoms with E-state index in [9.17, 15) is 0 Å². The molecule has 16 heavy (non-hydrogen) atoms. The van der Waals surface area contributed by atoms with E-state index in [2.05, 4.69) is 57.0 Å². The summed E-state index contributed by atoms with van der Waals surface area (Å²) in [7, 11) is 2.24. The zero-order valence-corrected chi connectivity index (χ0v) is 10.9. The Morgan fingerprint density at radius 2 is 1.88 bits per heavy atom. The molecule has 1 aliphatic rings. The van der Waals surface area contributed by atoms with E-state index in [4.69, 9.17) is 0 Å². The second kappa shape index (κ2) is 4.58. The molecule has 1 aromatic carbocycles. The van der Waals surface area contributed by atoms with Crippen molar-refractivity contribution in [1.29, 1.82) is 0 Å². The molecular weight excluding hydrogens is 194 g/mol. The van der Waals surface area contributed by atoms with Gasteiger partial charge in [-0.1, -0.05) is 38.1 Å². The standard InChI is InChI=1S/C15H23N/c1-11(2)14-9-16(4)10-15(14)13-8-6-5-7-12(13)3/h5-8,11,14-15H,9-10H2,1-4H3/t14-,15-/m1/s1. The third kappa shape index (κ3) is 2.15. The second-order valence-corrected chi connectivity index (χ2v) is 5.59. The molecule has 1 aliphatic heterocycles. The first-order chi connectivity index (χ1) is 7.59. The van der Waals surface area contributed by atoms with E-state index in [1.165, 1.54) is 18.7 Å². The molecule has 0 spiro atoms. The Kier molecular flexibility index (Phi) is 3.34. The highest BCUT2D eigenvalue weighted by Crippen LogP contribution is 2.37. The van der Waals surface area contributed by atoms with Crippen LogP contribution >= 0.6 is 0 Å². The maximum absolute atomic E-state index is 2.47. The third-order valence-electron chi connectivity index (χ3n) is 3.99. The molecule has 2 rings (SSSR count). The number of likely N-dealkylation sites (tertiary alicyclic amines) is 1. The van der Waals surface area contributed by atoms with Crippen LogP contribution in [0.4, 0.5) is 0 Å². The summed E-state index contributed by atoms with van der Waals surface area (Å²) in [6, 6.07) is 8.87. The van der Waals surface area contributed by atoms with Gasteiger partial charge in [-0.15, -0.1) is 0 Å². The van der Waals surface area contributed by atoms with Crippen molar-refractivity contribution in [1.82, 2.24) is 4.90 Å². The third-order valence-corrected chi connectivity index (χ3v) is 3.99. The van der Waals surface area contributed by atoms with Crippen LogP contribution in [-0.4, -0.2) is 25.0 Å². The molecule has 0 aromatic heterocycles. The summed E-state index contributed by atoms with van der Waals surface area (Å²) >= 11 is 0. The van der Waals surface area contributed by atoms with E-state index >= 15 is 0 Å². The van der Waals surface area contributed by atoms with E-state index in [-0.39, 0.29) is 0 Å². The monoisotopic (exact) mass is 217 g/mol. The van der Waals surface area contributed by atoms with Gasteiger partial charge in [0.1, 0.15) is 0 Å². The average molecular weight is 217 g/mol. The zero-order chi connectivity index (χ0) is 11.7. The van der Waals surface area contributed by atoms with E-state index in [0.717, 1.165) is 17.8 Å². The van der Waals surface area contributed by atoms with Gasteiger partial charge in [-0.05, 0) is 36.9 Å². The quantitative estimate of drug-likeness (QED) is 0.734. The van der Waals surface area contributed by atoms with Crippen LogP contribution in [0, 0.1) is 18.8 Å². The predicted molar refractivity (Wildman–Crippen MR) is 69.7 cm³/mol. The first kappa shape index (κ1) is 11.7. The Labute approximate surface area is 99.5 Å². The lowest BCUT2D eigenvalue weighted by Crippen LogP contribution is -2.18. The van der Waals surface area contributed by atoms with Crippen molar-refractivity contribution in [3.8, 4) is 0 Å². The summed E-state index contributed by atoms with van der Waals surface area (Å²) in [5.41, 5.74) is 3.01.